The van der Waals surface area contributed by atoms with Gasteiger partial charge in [0, 0.05) is 18.7 Å². The molecule has 4 unspecified atom stereocenters. The minimum Gasteiger partial charge on any atom is -0.377 e. The summed E-state index contributed by atoms with van der Waals surface area (Å²) in [4.78, 5) is 0. The van der Waals surface area contributed by atoms with Crippen molar-refractivity contribution in [2.24, 2.45) is 5.92 Å². The molecule has 3 heteroatoms. The van der Waals surface area contributed by atoms with Crippen LogP contribution in [0, 0.1) is 17.2 Å². The molecule has 4 atom stereocenters. The van der Waals surface area contributed by atoms with Crippen molar-refractivity contribution in [2.75, 3.05) is 6.61 Å². The summed E-state index contributed by atoms with van der Waals surface area (Å²) in [7, 11) is 0. The highest BCUT2D eigenvalue weighted by atomic mass is 16.5. The Bertz CT molecular complexity index is 242. The summed E-state index contributed by atoms with van der Waals surface area (Å²) in [6.07, 6.45) is 6.11. The van der Waals surface area contributed by atoms with E-state index in [2.05, 4.69) is 18.3 Å². The number of rotatable bonds is 3. The van der Waals surface area contributed by atoms with Gasteiger partial charge in [0.25, 0.3) is 0 Å². The summed E-state index contributed by atoms with van der Waals surface area (Å²) in [6.45, 7) is 3.09. The molecule has 0 aromatic rings. The van der Waals surface area contributed by atoms with E-state index in [9.17, 15) is 0 Å². The Labute approximate surface area is 91.8 Å². The van der Waals surface area contributed by atoms with Crippen LogP contribution in [0.15, 0.2) is 0 Å². The molecule has 0 bridgehead atoms. The molecule has 0 aromatic heterocycles. The molecule has 0 aromatic carbocycles. The summed E-state index contributed by atoms with van der Waals surface area (Å²) in [6, 6.07) is 3.20. The van der Waals surface area contributed by atoms with Crippen LogP contribution in [0.5, 0.6) is 0 Å². The standard InChI is InChI=1S/C12H20N2O/c1-9(12-6-3-7-15-12)14-11-5-2-4-10(11)8-13/h9-12,14H,2-7H2,1H3. The molecule has 2 fully saturated rings. The smallest absolute Gasteiger partial charge is 0.0726 e. The van der Waals surface area contributed by atoms with Gasteiger partial charge >= 0.3 is 0 Å². The second kappa shape index (κ2) is 4.96. The Hall–Kier alpha value is -0.590. The Morgan fingerprint density at radius 1 is 1.33 bits per heavy atom. The molecule has 1 saturated carbocycles. The molecule has 15 heavy (non-hydrogen) atoms. The largest absolute Gasteiger partial charge is 0.377 e. The molecule has 1 heterocycles. The minimum absolute atomic E-state index is 0.217. The summed E-state index contributed by atoms with van der Waals surface area (Å²) in [5.41, 5.74) is 0. The molecule has 1 saturated heterocycles. The second-order valence-corrected chi connectivity index (χ2v) is 4.78. The average molecular weight is 208 g/mol. The lowest BCUT2D eigenvalue weighted by atomic mass is 10.0. The monoisotopic (exact) mass is 208 g/mol. The van der Waals surface area contributed by atoms with Crippen molar-refractivity contribution in [1.29, 1.82) is 5.26 Å². The van der Waals surface area contributed by atoms with Crippen molar-refractivity contribution >= 4 is 0 Å². The maximum Gasteiger partial charge on any atom is 0.0726 e. The molecule has 84 valence electrons. The van der Waals surface area contributed by atoms with E-state index in [1.165, 1.54) is 12.8 Å². The van der Waals surface area contributed by atoms with Gasteiger partial charge in [-0.1, -0.05) is 6.42 Å². The molecular formula is C12H20N2O. The third kappa shape index (κ3) is 2.50. The fourth-order valence-electron chi connectivity index (χ4n) is 2.76. The highest BCUT2D eigenvalue weighted by Crippen LogP contribution is 2.26. The van der Waals surface area contributed by atoms with E-state index in [0.29, 0.717) is 18.2 Å². The van der Waals surface area contributed by atoms with Crippen LogP contribution in [0.25, 0.3) is 0 Å². The van der Waals surface area contributed by atoms with Crippen LogP contribution < -0.4 is 5.32 Å². The molecule has 2 rings (SSSR count). The maximum atomic E-state index is 8.99. The van der Waals surface area contributed by atoms with E-state index < -0.39 is 0 Å². The normalized spacial score (nSPS) is 37.7. The zero-order valence-electron chi connectivity index (χ0n) is 9.41. The number of hydrogen-bond donors (Lipinski definition) is 1. The van der Waals surface area contributed by atoms with Crippen LogP contribution >= 0.6 is 0 Å². The molecule has 1 N–H and O–H groups in total. The molecule has 1 aliphatic heterocycles. The molecule has 0 amide bonds. The topological polar surface area (TPSA) is 45.0 Å². The van der Waals surface area contributed by atoms with Gasteiger partial charge in [-0.3, -0.25) is 0 Å². The highest BCUT2D eigenvalue weighted by Gasteiger charge is 2.31. The quantitative estimate of drug-likeness (QED) is 0.769. The van der Waals surface area contributed by atoms with E-state index in [4.69, 9.17) is 10.00 Å². The lowest BCUT2D eigenvalue weighted by Gasteiger charge is -2.25. The van der Waals surface area contributed by atoms with Crippen LogP contribution in [0.3, 0.4) is 0 Å². The first-order valence-electron chi connectivity index (χ1n) is 6.08. The van der Waals surface area contributed by atoms with Crippen LogP contribution in [0.4, 0.5) is 0 Å². The molecule has 3 nitrogen and oxygen atoms in total. The number of nitriles is 1. The van der Waals surface area contributed by atoms with Crippen molar-refractivity contribution in [3.8, 4) is 6.07 Å². The third-order valence-electron chi connectivity index (χ3n) is 3.68. The molecule has 0 spiro atoms. The number of ether oxygens (including phenoxy) is 1. The van der Waals surface area contributed by atoms with Gasteiger partial charge in [-0.2, -0.15) is 5.26 Å². The Morgan fingerprint density at radius 2 is 2.20 bits per heavy atom. The minimum atomic E-state index is 0.217. The average Bonchev–Trinajstić information content (AvgIpc) is 2.87. The first kappa shape index (κ1) is 10.9. The lowest BCUT2D eigenvalue weighted by Crippen LogP contribution is -2.44. The SMILES string of the molecule is CC(NC1CCCC1C#N)C1CCCO1. The van der Waals surface area contributed by atoms with Crippen molar-refractivity contribution in [1.82, 2.24) is 5.32 Å². The van der Waals surface area contributed by atoms with Gasteiger partial charge in [-0.25, -0.2) is 0 Å². The number of hydrogen-bond acceptors (Lipinski definition) is 3. The van der Waals surface area contributed by atoms with Crippen LogP contribution in [0.2, 0.25) is 0 Å². The van der Waals surface area contributed by atoms with Gasteiger partial charge in [-0.15, -0.1) is 0 Å². The highest BCUT2D eigenvalue weighted by molar-refractivity contribution is 4.98. The lowest BCUT2D eigenvalue weighted by molar-refractivity contribution is 0.0787. The van der Waals surface area contributed by atoms with Gasteiger partial charge < -0.3 is 10.1 Å². The van der Waals surface area contributed by atoms with E-state index in [0.717, 1.165) is 25.9 Å². The van der Waals surface area contributed by atoms with Crippen molar-refractivity contribution in [3.05, 3.63) is 0 Å². The Morgan fingerprint density at radius 3 is 2.87 bits per heavy atom. The van der Waals surface area contributed by atoms with Gasteiger partial charge in [-0.05, 0) is 32.6 Å². The molecule has 2 aliphatic rings. The fraction of sp³-hybridized carbons (Fsp3) is 0.917. The van der Waals surface area contributed by atoms with Crippen molar-refractivity contribution in [2.45, 2.75) is 57.2 Å². The fourth-order valence-corrected chi connectivity index (χ4v) is 2.76. The first-order valence-corrected chi connectivity index (χ1v) is 6.08. The Balaban J connectivity index is 1.82. The predicted octanol–water partition coefficient (Wildman–Crippen LogP) is 1.84. The third-order valence-corrected chi connectivity index (χ3v) is 3.68. The van der Waals surface area contributed by atoms with E-state index >= 15 is 0 Å². The maximum absolute atomic E-state index is 8.99. The van der Waals surface area contributed by atoms with Gasteiger partial charge in [0.2, 0.25) is 0 Å². The summed E-state index contributed by atoms with van der Waals surface area (Å²) in [5.74, 6) is 0.217. The van der Waals surface area contributed by atoms with E-state index in [1.54, 1.807) is 0 Å². The van der Waals surface area contributed by atoms with Crippen molar-refractivity contribution in [3.63, 3.8) is 0 Å². The zero-order chi connectivity index (χ0) is 10.7. The van der Waals surface area contributed by atoms with Gasteiger partial charge in [0.15, 0.2) is 0 Å². The number of nitrogens with zero attached hydrogens (tertiary/aromatic N) is 1. The zero-order valence-corrected chi connectivity index (χ0v) is 9.41. The summed E-state index contributed by atoms with van der Waals surface area (Å²) in [5, 5.41) is 12.6. The molecular weight excluding hydrogens is 188 g/mol. The van der Waals surface area contributed by atoms with Crippen LogP contribution in [0.1, 0.15) is 39.0 Å². The molecule has 0 radical (unpaired) electrons. The summed E-state index contributed by atoms with van der Waals surface area (Å²) < 4.78 is 5.65. The summed E-state index contributed by atoms with van der Waals surface area (Å²) >= 11 is 0. The van der Waals surface area contributed by atoms with E-state index in [-0.39, 0.29) is 5.92 Å². The molecule has 1 aliphatic carbocycles. The van der Waals surface area contributed by atoms with Crippen LogP contribution in [-0.4, -0.2) is 24.8 Å². The predicted molar refractivity (Wildman–Crippen MR) is 58.3 cm³/mol. The Kier molecular flexibility index (Phi) is 3.61. The van der Waals surface area contributed by atoms with Gasteiger partial charge in [0.1, 0.15) is 0 Å². The number of nitrogens with one attached hydrogen (secondary N) is 1. The first-order chi connectivity index (χ1) is 7.31. The second-order valence-electron chi connectivity index (χ2n) is 4.78. The van der Waals surface area contributed by atoms with Crippen LogP contribution in [-0.2, 0) is 4.74 Å². The van der Waals surface area contributed by atoms with E-state index in [1.807, 2.05) is 0 Å². The van der Waals surface area contributed by atoms with Crippen molar-refractivity contribution < 1.29 is 4.74 Å². The van der Waals surface area contributed by atoms with Gasteiger partial charge in [0.05, 0.1) is 18.1 Å².